The molecule has 1 N–H and O–H groups in total. The van der Waals surface area contributed by atoms with Crippen LogP contribution in [0.3, 0.4) is 0 Å². The molecule has 0 saturated heterocycles. The second-order valence-corrected chi connectivity index (χ2v) is 8.05. The minimum atomic E-state index is -3.78. The number of benzene rings is 2. The predicted octanol–water partition coefficient (Wildman–Crippen LogP) is 3.57. The maximum absolute atomic E-state index is 12.6. The largest absolute Gasteiger partial charge is 0.475 e. The number of hydrogen-bond acceptors (Lipinski definition) is 6. The molecule has 0 atom stereocenters. The van der Waals surface area contributed by atoms with Gasteiger partial charge in [-0.05, 0) is 24.6 Å². The van der Waals surface area contributed by atoms with Crippen LogP contribution in [-0.2, 0) is 21.4 Å². The van der Waals surface area contributed by atoms with E-state index in [1.807, 2.05) is 37.3 Å². The Morgan fingerprint density at radius 3 is 2.41 bits per heavy atom. The second kappa shape index (κ2) is 9.99. The van der Waals surface area contributed by atoms with Gasteiger partial charge in [0, 0.05) is 18.8 Å². The van der Waals surface area contributed by atoms with E-state index in [2.05, 4.69) is 14.7 Å². The molecule has 3 aromatic rings. The lowest BCUT2D eigenvalue weighted by Gasteiger charge is -2.12. The van der Waals surface area contributed by atoms with Crippen molar-refractivity contribution in [2.24, 2.45) is 0 Å². The van der Waals surface area contributed by atoms with Gasteiger partial charge in [-0.25, -0.2) is 18.4 Å². The average molecular weight is 413 g/mol. The number of hydrogen-bond donors (Lipinski definition) is 1. The van der Waals surface area contributed by atoms with Gasteiger partial charge in [-0.1, -0.05) is 48.0 Å². The van der Waals surface area contributed by atoms with Crippen LogP contribution >= 0.6 is 0 Å². The number of nitrogens with one attached hydrogen (secondary N) is 1. The fourth-order valence-corrected chi connectivity index (χ4v) is 3.51. The van der Waals surface area contributed by atoms with E-state index in [0.29, 0.717) is 26.2 Å². The highest BCUT2D eigenvalue weighted by atomic mass is 32.2. The van der Waals surface area contributed by atoms with Crippen LogP contribution in [0.25, 0.3) is 0 Å². The lowest BCUT2D eigenvalue weighted by Crippen LogP contribution is -2.16. The first-order valence-electron chi connectivity index (χ1n) is 9.19. The third-order valence-electron chi connectivity index (χ3n) is 4.01. The van der Waals surface area contributed by atoms with Crippen molar-refractivity contribution >= 4 is 15.8 Å². The summed E-state index contributed by atoms with van der Waals surface area (Å²) >= 11 is 0. The van der Waals surface area contributed by atoms with E-state index in [0.717, 1.165) is 11.1 Å². The highest BCUT2D eigenvalue weighted by molar-refractivity contribution is 7.92. The van der Waals surface area contributed by atoms with Gasteiger partial charge in [-0.15, -0.1) is 0 Å². The fraction of sp³-hybridized carbons (Fsp3) is 0.238. The van der Waals surface area contributed by atoms with Gasteiger partial charge < -0.3 is 9.47 Å². The van der Waals surface area contributed by atoms with Crippen LogP contribution < -0.4 is 9.46 Å². The first-order valence-corrected chi connectivity index (χ1v) is 10.7. The highest BCUT2D eigenvalue weighted by Gasteiger charge is 2.18. The van der Waals surface area contributed by atoms with E-state index in [-0.39, 0.29) is 16.6 Å². The van der Waals surface area contributed by atoms with Crippen LogP contribution in [0.5, 0.6) is 5.88 Å². The molecule has 7 nitrogen and oxygen atoms in total. The fourth-order valence-electron chi connectivity index (χ4n) is 2.50. The Morgan fingerprint density at radius 2 is 1.66 bits per heavy atom. The van der Waals surface area contributed by atoms with Crippen molar-refractivity contribution in [1.29, 1.82) is 0 Å². The van der Waals surface area contributed by atoms with Crippen molar-refractivity contribution in [3.05, 3.63) is 78.1 Å². The van der Waals surface area contributed by atoms with Crippen molar-refractivity contribution in [2.75, 3.05) is 17.9 Å². The molecule has 152 valence electrons. The maximum atomic E-state index is 12.6. The highest BCUT2D eigenvalue weighted by Crippen LogP contribution is 2.22. The molecule has 1 heterocycles. The molecule has 0 saturated carbocycles. The molecule has 0 fully saturated rings. The summed E-state index contributed by atoms with van der Waals surface area (Å²) in [6.07, 6.45) is 3.49. The predicted molar refractivity (Wildman–Crippen MR) is 110 cm³/mol. The lowest BCUT2D eigenvalue weighted by atomic mass is 10.2. The molecule has 0 bridgehead atoms. The van der Waals surface area contributed by atoms with Crippen LogP contribution in [0.15, 0.2) is 71.9 Å². The van der Waals surface area contributed by atoms with Gasteiger partial charge >= 0.3 is 0 Å². The van der Waals surface area contributed by atoms with Crippen molar-refractivity contribution in [2.45, 2.75) is 24.8 Å². The second-order valence-electron chi connectivity index (χ2n) is 6.37. The SMILES string of the molecule is Cc1ccc(S(=O)(=O)Nc2nccnc2OCCCOCc2ccccc2)cc1. The monoisotopic (exact) mass is 413 g/mol. The number of rotatable bonds is 10. The average Bonchev–Trinajstić information content (AvgIpc) is 2.72. The summed E-state index contributed by atoms with van der Waals surface area (Å²) in [5, 5.41) is 0. The molecular formula is C21H23N3O4S. The number of nitrogens with zero attached hydrogens (tertiary/aromatic N) is 2. The van der Waals surface area contributed by atoms with Gasteiger partial charge in [0.2, 0.25) is 5.82 Å². The molecule has 0 unspecified atom stereocenters. The number of aromatic nitrogens is 2. The van der Waals surface area contributed by atoms with Crippen molar-refractivity contribution in [3.63, 3.8) is 0 Å². The lowest BCUT2D eigenvalue weighted by molar-refractivity contribution is 0.106. The zero-order valence-corrected chi connectivity index (χ0v) is 16.9. The van der Waals surface area contributed by atoms with Crippen LogP contribution in [0.2, 0.25) is 0 Å². The summed E-state index contributed by atoms with van der Waals surface area (Å²) in [5.74, 6) is 0.185. The molecule has 1 aromatic heterocycles. The Labute approximate surface area is 170 Å². The molecule has 3 rings (SSSR count). The summed E-state index contributed by atoms with van der Waals surface area (Å²) in [6.45, 7) is 3.27. The van der Waals surface area contributed by atoms with E-state index in [1.165, 1.54) is 12.4 Å². The number of aryl methyl sites for hydroxylation is 1. The summed E-state index contributed by atoms with van der Waals surface area (Å²) in [6, 6.07) is 16.4. The summed E-state index contributed by atoms with van der Waals surface area (Å²) < 4.78 is 38.8. The molecule has 8 heteroatoms. The van der Waals surface area contributed by atoms with Crippen LogP contribution in [0.1, 0.15) is 17.5 Å². The number of anilines is 1. The molecule has 0 amide bonds. The number of sulfonamides is 1. The molecule has 29 heavy (non-hydrogen) atoms. The quantitative estimate of drug-likeness (QED) is 0.511. The van der Waals surface area contributed by atoms with Crippen LogP contribution in [0.4, 0.5) is 5.82 Å². The summed E-state index contributed by atoms with van der Waals surface area (Å²) in [7, 11) is -3.78. The first kappa shape index (κ1) is 20.8. The molecule has 0 spiro atoms. The van der Waals surface area contributed by atoms with Crippen LogP contribution in [0, 0.1) is 6.92 Å². The van der Waals surface area contributed by atoms with E-state index in [9.17, 15) is 8.42 Å². The van der Waals surface area contributed by atoms with Gasteiger partial charge in [0.05, 0.1) is 24.7 Å². The molecule has 0 radical (unpaired) electrons. The van der Waals surface area contributed by atoms with Gasteiger partial charge in [0.1, 0.15) is 0 Å². The maximum Gasteiger partial charge on any atom is 0.263 e. The van der Waals surface area contributed by atoms with Gasteiger partial charge in [-0.2, -0.15) is 0 Å². The first-order chi connectivity index (χ1) is 14.0. The van der Waals surface area contributed by atoms with Crippen molar-refractivity contribution in [3.8, 4) is 5.88 Å². The Hall–Kier alpha value is -2.97. The van der Waals surface area contributed by atoms with E-state index >= 15 is 0 Å². The van der Waals surface area contributed by atoms with Gasteiger partial charge in [0.15, 0.2) is 0 Å². The Kier molecular flexibility index (Phi) is 7.15. The van der Waals surface area contributed by atoms with E-state index in [1.54, 1.807) is 24.3 Å². The molecule has 0 aliphatic carbocycles. The molecule has 0 aliphatic rings. The standard InChI is InChI=1S/C21H23N3O4S/c1-17-8-10-19(11-9-17)29(25,26)24-20-21(23-13-12-22-20)28-15-5-14-27-16-18-6-3-2-4-7-18/h2-4,6-13H,5,14-16H2,1H3,(H,22,24). The molecular weight excluding hydrogens is 390 g/mol. The number of ether oxygens (including phenoxy) is 2. The van der Waals surface area contributed by atoms with E-state index in [4.69, 9.17) is 9.47 Å². The van der Waals surface area contributed by atoms with Crippen LogP contribution in [-0.4, -0.2) is 31.6 Å². The summed E-state index contributed by atoms with van der Waals surface area (Å²) in [4.78, 5) is 8.28. The third-order valence-corrected chi connectivity index (χ3v) is 5.37. The zero-order valence-electron chi connectivity index (χ0n) is 16.1. The topological polar surface area (TPSA) is 90.4 Å². The van der Waals surface area contributed by atoms with Crippen molar-refractivity contribution < 1.29 is 17.9 Å². The van der Waals surface area contributed by atoms with E-state index < -0.39 is 10.0 Å². The Morgan fingerprint density at radius 1 is 0.931 bits per heavy atom. The minimum absolute atomic E-state index is 0.0540. The van der Waals surface area contributed by atoms with Gasteiger partial charge in [0.25, 0.3) is 15.9 Å². The molecule has 2 aromatic carbocycles. The Balaban J connectivity index is 1.51. The minimum Gasteiger partial charge on any atom is -0.475 e. The summed E-state index contributed by atoms with van der Waals surface area (Å²) in [5.41, 5.74) is 2.08. The normalized spacial score (nSPS) is 11.2. The third kappa shape index (κ3) is 6.27. The molecule has 0 aliphatic heterocycles. The van der Waals surface area contributed by atoms with Gasteiger partial charge in [-0.3, -0.25) is 4.72 Å². The van der Waals surface area contributed by atoms with Crippen molar-refractivity contribution in [1.82, 2.24) is 9.97 Å². The smallest absolute Gasteiger partial charge is 0.263 e. The Bertz CT molecular complexity index is 1010. The zero-order chi connectivity index (χ0) is 20.5.